The molecule has 4 heteroatoms. The van der Waals surface area contributed by atoms with Crippen molar-refractivity contribution >= 4 is 28.5 Å². The number of fused-ring (bicyclic) bond motifs is 2. The highest BCUT2D eigenvalue weighted by atomic mass is 16.5. The third-order valence-electron chi connectivity index (χ3n) is 11.2. The minimum Gasteiger partial charge on any atom is -0.383 e. The maximum Gasteiger partial charge on any atom is 0.209 e. The van der Waals surface area contributed by atoms with E-state index in [9.17, 15) is 0 Å². The molecule has 4 nitrogen and oxygen atoms in total. The van der Waals surface area contributed by atoms with Gasteiger partial charge in [0.15, 0.2) is 5.71 Å². The Hall–Kier alpha value is -4.93. The van der Waals surface area contributed by atoms with Crippen LogP contribution in [0.5, 0.6) is 0 Å². The van der Waals surface area contributed by atoms with Crippen LogP contribution >= 0.6 is 0 Å². The summed E-state index contributed by atoms with van der Waals surface area (Å²) in [6, 6.07) is 35.4. The molecule has 2 aliphatic heterocycles. The Kier molecular flexibility index (Phi) is 9.24. The number of nitrogens with zero attached hydrogens (tertiary/aromatic N) is 3. The molecular weight excluding hydrogens is 623 g/mol. The second-order valence-electron chi connectivity index (χ2n) is 15.3. The number of rotatable bonds is 9. The molecule has 7 rings (SSSR count). The Balaban J connectivity index is 1.38. The van der Waals surface area contributed by atoms with Gasteiger partial charge in [-0.1, -0.05) is 91.7 Å². The summed E-state index contributed by atoms with van der Waals surface area (Å²) in [5, 5.41) is 0. The zero-order valence-corrected chi connectivity index (χ0v) is 31.6. The Morgan fingerprint density at radius 3 is 2.02 bits per heavy atom. The normalized spacial score (nSPS) is 19.2. The monoisotopic (exact) mass is 674 g/mol. The highest BCUT2D eigenvalue weighted by Gasteiger charge is 2.43. The minimum atomic E-state index is -0.140. The van der Waals surface area contributed by atoms with Gasteiger partial charge in [-0.15, -0.1) is 0 Å². The standard InChI is InChI=1S/C47H52N3O/c1-33-19-25-41-39(31-33)46(3,4)43(48(41)7)27-23-35-21-22-36(45(35)50(37-15-11-9-12-16-37)38-17-13-10-14-18-38)24-28-44-47(5,6)40-32-34(2)20-26-42(40)49(44)29-30-51-8/h9-20,23-28,31-32H,21-22,29-30H2,1-8H3/q+1. The predicted octanol–water partition coefficient (Wildman–Crippen LogP) is 11.0. The summed E-state index contributed by atoms with van der Waals surface area (Å²) in [5.74, 6) is 0. The number of hydrogen-bond donors (Lipinski definition) is 0. The van der Waals surface area contributed by atoms with Crippen molar-refractivity contribution in [2.24, 2.45) is 0 Å². The number of methoxy groups -OCH3 is 1. The third kappa shape index (κ3) is 6.21. The molecule has 2 heterocycles. The fourth-order valence-electron chi connectivity index (χ4n) is 8.41. The molecule has 0 atom stereocenters. The SMILES string of the molecule is COCCN1/C(=C/C=C2\CCC(/C=C/C3=[N+](C)c4ccc(C)cc4C3(C)C)=C2N(c2ccccc2)c2ccccc2)C(C)(C)c2cc(C)ccc21. The van der Waals surface area contributed by atoms with Gasteiger partial charge in [-0.25, -0.2) is 0 Å². The molecule has 0 aromatic heterocycles. The van der Waals surface area contributed by atoms with Gasteiger partial charge < -0.3 is 14.5 Å². The Labute approximate surface area is 305 Å². The van der Waals surface area contributed by atoms with Gasteiger partial charge in [0.1, 0.15) is 7.05 Å². The zero-order chi connectivity index (χ0) is 35.9. The van der Waals surface area contributed by atoms with E-state index >= 15 is 0 Å². The predicted molar refractivity (Wildman–Crippen MR) is 215 cm³/mol. The summed E-state index contributed by atoms with van der Waals surface area (Å²) in [7, 11) is 4.00. The van der Waals surface area contributed by atoms with Gasteiger partial charge in [0, 0.05) is 59.5 Å². The van der Waals surface area contributed by atoms with Gasteiger partial charge >= 0.3 is 0 Å². The first-order valence-electron chi connectivity index (χ1n) is 18.4. The summed E-state index contributed by atoms with van der Waals surface area (Å²) < 4.78 is 7.98. The Morgan fingerprint density at radius 2 is 1.37 bits per heavy atom. The molecule has 51 heavy (non-hydrogen) atoms. The van der Waals surface area contributed by atoms with Crippen LogP contribution in [0.4, 0.5) is 22.7 Å². The fraction of sp³-hybridized carbons (Fsp3) is 0.298. The molecule has 0 N–H and O–H groups in total. The molecule has 0 radical (unpaired) electrons. The van der Waals surface area contributed by atoms with Crippen LogP contribution in [0.1, 0.15) is 62.8 Å². The number of para-hydroxylation sites is 2. The number of benzene rings is 4. The number of anilines is 3. The van der Waals surface area contributed by atoms with E-state index in [1.54, 1.807) is 7.11 Å². The summed E-state index contributed by atoms with van der Waals surface area (Å²) in [6.45, 7) is 15.3. The van der Waals surface area contributed by atoms with Crippen LogP contribution in [-0.4, -0.2) is 37.6 Å². The Morgan fingerprint density at radius 1 is 0.745 bits per heavy atom. The largest absolute Gasteiger partial charge is 0.383 e. The maximum atomic E-state index is 5.60. The minimum absolute atomic E-state index is 0.0966. The third-order valence-corrected chi connectivity index (χ3v) is 11.2. The molecule has 0 amide bonds. The lowest BCUT2D eigenvalue weighted by Gasteiger charge is -2.29. The van der Waals surface area contributed by atoms with Crippen LogP contribution < -0.4 is 9.80 Å². The van der Waals surface area contributed by atoms with Gasteiger partial charge in [0.25, 0.3) is 0 Å². The average molecular weight is 675 g/mol. The maximum absolute atomic E-state index is 5.60. The van der Waals surface area contributed by atoms with Gasteiger partial charge in [0.05, 0.1) is 17.7 Å². The number of ether oxygens (including phenoxy) is 1. The van der Waals surface area contributed by atoms with Crippen LogP contribution in [0.25, 0.3) is 0 Å². The van der Waals surface area contributed by atoms with Crippen molar-refractivity contribution in [3.8, 4) is 0 Å². The smallest absolute Gasteiger partial charge is 0.209 e. The van der Waals surface area contributed by atoms with Crippen LogP contribution in [0.3, 0.4) is 0 Å². The number of aryl methyl sites for hydroxylation is 2. The van der Waals surface area contributed by atoms with Gasteiger partial charge in [-0.2, -0.15) is 4.58 Å². The molecule has 0 bridgehead atoms. The van der Waals surface area contributed by atoms with Gasteiger partial charge in [-0.3, -0.25) is 0 Å². The molecule has 4 aromatic rings. The highest BCUT2D eigenvalue weighted by molar-refractivity contribution is 6.03. The zero-order valence-electron chi connectivity index (χ0n) is 31.6. The van der Waals surface area contributed by atoms with Crippen LogP contribution in [-0.2, 0) is 15.6 Å². The van der Waals surface area contributed by atoms with Crippen molar-refractivity contribution in [2.75, 3.05) is 37.1 Å². The first-order valence-corrected chi connectivity index (χ1v) is 18.4. The van der Waals surface area contributed by atoms with E-state index in [4.69, 9.17) is 4.74 Å². The van der Waals surface area contributed by atoms with Gasteiger partial charge in [-0.05, 0) is 99.7 Å². The van der Waals surface area contributed by atoms with Crippen molar-refractivity contribution in [3.05, 3.63) is 166 Å². The van der Waals surface area contributed by atoms with E-state index in [2.05, 4.69) is 184 Å². The van der Waals surface area contributed by atoms with Crippen molar-refractivity contribution in [3.63, 3.8) is 0 Å². The average Bonchev–Trinajstić information content (AvgIpc) is 3.67. The quantitative estimate of drug-likeness (QED) is 0.165. The fourth-order valence-corrected chi connectivity index (χ4v) is 8.41. The van der Waals surface area contributed by atoms with E-state index in [1.807, 2.05) is 0 Å². The lowest BCUT2D eigenvalue weighted by Crippen LogP contribution is -2.29. The van der Waals surface area contributed by atoms with E-state index in [0.29, 0.717) is 6.61 Å². The molecule has 260 valence electrons. The van der Waals surface area contributed by atoms with Crippen LogP contribution in [0, 0.1) is 13.8 Å². The Bertz CT molecular complexity index is 2070. The topological polar surface area (TPSA) is 18.7 Å². The summed E-state index contributed by atoms with van der Waals surface area (Å²) in [4.78, 5) is 4.93. The van der Waals surface area contributed by atoms with Gasteiger partial charge in [0.2, 0.25) is 5.69 Å². The molecule has 0 spiro atoms. The summed E-state index contributed by atoms with van der Waals surface area (Å²) in [6.07, 6.45) is 11.5. The lowest BCUT2D eigenvalue weighted by molar-refractivity contribution is -0.401. The van der Waals surface area contributed by atoms with Crippen molar-refractivity contribution in [2.45, 2.75) is 65.2 Å². The number of allylic oxidation sites excluding steroid dienone is 7. The molecule has 3 aliphatic rings. The molecule has 0 saturated carbocycles. The first kappa shape index (κ1) is 34.5. The molecule has 0 saturated heterocycles. The summed E-state index contributed by atoms with van der Waals surface area (Å²) >= 11 is 0. The molecular formula is C47H52N3O+. The number of hydrogen-bond acceptors (Lipinski definition) is 3. The van der Waals surface area contributed by atoms with E-state index in [-0.39, 0.29) is 10.8 Å². The second kappa shape index (κ2) is 13.7. The lowest BCUT2D eigenvalue weighted by atomic mass is 9.80. The first-order chi connectivity index (χ1) is 24.5. The van der Waals surface area contributed by atoms with Crippen LogP contribution in [0.15, 0.2) is 144 Å². The molecule has 0 unspecified atom stereocenters. The van der Waals surface area contributed by atoms with Crippen molar-refractivity contribution < 1.29 is 9.31 Å². The molecule has 0 fully saturated rings. The van der Waals surface area contributed by atoms with E-state index < -0.39 is 0 Å². The second-order valence-corrected chi connectivity index (χ2v) is 15.3. The summed E-state index contributed by atoms with van der Waals surface area (Å²) in [5.41, 5.74) is 16.6. The van der Waals surface area contributed by atoms with E-state index in [0.717, 1.165) is 30.8 Å². The van der Waals surface area contributed by atoms with Crippen molar-refractivity contribution in [1.29, 1.82) is 0 Å². The molecule has 4 aromatic carbocycles. The van der Waals surface area contributed by atoms with Crippen molar-refractivity contribution in [1.82, 2.24) is 0 Å². The molecule has 1 aliphatic carbocycles. The van der Waals surface area contributed by atoms with Crippen LogP contribution in [0.2, 0.25) is 0 Å². The highest BCUT2D eigenvalue weighted by Crippen LogP contribution is 2.49. The van der Waals surface area contributed by atoms with E-state index in [1.165, 1.54) is 61.9 Å².